The van der Waals surface area contributed by atoms with Crippen LogP contribution in [0.2, 0.25) is 5.02 Å². The summed E-state index contributed by atoms with van der Waals surface area (Å²) in [5, 5.41) is 13.3. The van der Waals surface area contributed by atoms with E-state index >= 15 is 0 Å². The number of hydrogen-bond acceptors (Lipinski definition) is 4. The Kier molecular flexibility index (Phi) is 6.39. The van der Waals surface area contributed by atoms with Gasteiger partial charge in [-0.1, -0.05) is 54.1 Å². The summed E-state index contributed by atoms with van der Waals surface area (Å²) in [6, 6.07) is 19.1. The largest absolute Gasteiger partial charge is 0.507 e. The highest BCUT2D eigenvalue weighted by Crippen LogP contribution is 2.44. The summed E-state index contributed by atoms with van der Waals surface area (Å²) in [6.45, 7) is 2.09. The predicted octanol–water partition coefficient (Wildman–Crippen LogP) is 6.80. The van der Waals surface area contributed by atoms with E-state index in [9.17, 15) is 23.5 Å². The lowest BCUT2D eigenvalue weighted by Gasteiger charge is -2.26. The number of Topliss-reactive ketones (excluding diaryl/α,β-unsaturated/α-hetero) is 1. The van der Waals surface area contributed by atoms with Crippen molar-refractivity contribution in [1.82, 2.24) is 0 Å². The van der Waals surface area contributed by atoms with Gasteiger partial charge in [0, 0.05) is 17.3 Å². The molecule has 0 aliphatic carbocycles. The van der Waals surface area contributed by atoms with Gasteiger partial charge in [-0.2, -0.15) is 0 Å². The number of carbonyl (C=O) groups is 2. The van der Waals surface area contributed by atoms with Crippen molar-refractivity contribution in [2.24, 2.45) is 0 Å². The number of aliphatic hydroxyl groups is 1. The van der Waals surface area contributed by atoms with Gasteiger partial charge in [0.05, 0.1) is 23.2 Å². The summed E-state index contributed by atoms with van der Waals surface area (Å²) in [4.78, 5) is 27.9. The molecule has 1 amide bonds. The number of ketones is 1. The van der Waals surface area contributed by atoms with Crippen LogP contribution >= 0.6 is 11.6 Å². The van der Waals surface area contributed by atoms with Gasteiger partial charge in [0.25, 0.3) is 11.7 Å². The summed E-state index contributed by atoms with van der Waals surface area (Å²) < 4.78 is 33.5. The maximum atomic E-state index is 14.2. The third kappa shape index (κ3) is 4.21. The maximum absolute atomic E-state index is 14.2. The number of hydrogen-bond donors (Lipinski definition) is 1. The lowest BCUT2D eigenvalue weighted by atomic mass is 9.91. The normalized spacial score (nSPS) is 17.0. The van der Waals surface area contributed by atoms with E-state index in [4.69, 9.17) is 16.3 Å². The standard InChI is InChI=1S/C29H20ClF2NO4/c1-2-37-24-14-17(10-12-21(24)30)27(34)25-26(20-9-5-7-16-6-3-4-8-19(16)20)33(29(36)28(25)35)18-11-13-22(31)23(32)15-18/h3-15,26,34H,2H2,1H3/b27-25-. The minimum absolute atomic E-state index is 0.0240. The Morgan fingerprint density at radius 3 is 2.49 bits per heavy atom. The Hall–Kier alpha value is -4.23. The van der Waals surface area contributed by atoms with Crippen molar-refractivity contribution in [3.05, 3.63) is 112 Å². The highest BCUT2D eigenvalue weighted by atomic mass is 35.5. The lowest BCUT2D eigenvalue weighted by molar-refractivity contribution is -0.132. The number of amides is 1. The van der Waals surface area contributed by atoms with Gasteiger partial charge in [-0.05, 0) is 53.6 Å². The first-order valence-corrected chi connectivity index (χ1v) is 11.9. The quantitative estimate of drug-likeness (QED) is 0.179. The molecular weight excluding hydrogens is 500 g/mol. The molecule has 0 bridgehead atoms. The van der Waals surface area contributed by atoms with Crippen molar-refractivity contribution in [2.45, 2.75) is 13.0 Å². The highest BCUT2D eigenvalue weighted by molar-refractivity contribution is 6.52. The number of anilines is 1. The maximum Gasteiger partial charge on any atom is 0.300 e. The lowest BCUT2D eigenvalue weighted by Crippen LogP contribution is -2.29. The molecule has 0 radical (unpaired) electrons. The first-order chi connectivity index (χ1) is 17.8. The molecule has 1 fully saturated rings. The van der Waals surface area contributed by atoms with Crippen molar-refractivity contribution >= 4 is 45.5 Å². The number of halogens is 3. The van der Waals surface area contributed by atoms with Crippen molar-refractivity contribution in [3.63, 3.8) is 0 Å². The molecule has 5 nitrogen and oxygen atoms in total. The summed E-state index contributed by atoms with van der Waals surface area (Å²) in [5.74, 6) is -4.36. The molecule has 1 saturated heterocycles. The van der Waals surface area contributed by atoms with E-state index < -0.39 is 35.1 Å². The number of aliphatic hydroxyl groups excluding tert-OH is 1. The molecule has 5 rings (SSSR count). The van der Waals surface area contributed by atoms with Crippen LogP contribution in [0.15, 0.2) is 84.4 Å². The van der Waals surface area contributed by atoms with Gasteiger partial charge in [0.2, 0.25) is 0 Å². The second-order valence-corrected chi connectivity index (χ2v) is 8.82. The van der Waals surface area contributed by atoms with E-state index in [2.05, 4.69) is 0 Å². The molecule has 4 aromatic carbocycles. The highest BCUT2D eigenvalue weighted by Gasteiger charge is 2.47. The summed E-state index contributed by atoms with van der Waals surface area (Å²) in [6.07, 6.45) is 0. The minimum Gasteiger partial charge on any atom is -0.507 e. The van der Waals surface area contributed by atoms with Gasteiger partial charge in [0.1, 0.15) is 11.5 Å². The minimum atomic E-state index is -1.17. The molecule has 8 heteroatoms. The second-order valence-electron chi connectivity index (χ2n) is 8.41. The van der Waals surface area contributed by atoms with Crippen LogP contribution in [0.5, 0.6) is 5.75 Å². The number of carbonyl (C=O) groups excluding carboxylic acids is 2. The molecule has 1 aliphatic rings. The van der Waals surface area contributed by atoms with Crippen LogP contribution in [0.4, 0.5) is 14.5 Å². The van der Waals surface area contributed by atoms with Crippen molar-refractivity contribution < 1.29 is 28.2 Å². The number of fused-ring (bicyclic) bond motifs is 1. The van der Waals surface area contributed by atoms with Crippen LogP contribution in [-0.2, 0) is 9.59 Å². The van der Waals surface area contributed by atoms with Gasteiger partial charge < -0.3 is 9.84 Å². The molecule has 1 unspecified atom stereocenters. The van der Waals surface area contributed by atoms with Crippen molar-refractivity contribution in [2.75, 3.05) is 11.5 Å². The Bertz CT molecular complexity index is 1600. The molecule has 1 atom stereocenters. The molecule has 4 aromatic rings. The van der Waals surface area contributed by atoms with Gasteiger partial charge in [-0.15, -0.1) is 0 Å². The Morgan fingerprint density at radius 1 is 0.973 bits per heavy atom. The summed E-state index contributed by atoms with van der Waals surface area (Å²) in [7, 11) is 0. The monoisotopic (exact) mass is 519 g/mol. The fourth-order valence-corrected chi connectivity index (χ4v) is 4.76. The first kappa shape index (κ1) is 24.5. The molecule has 1 N–H and O–H groups in total. The summed E-state index contributed by atoms with van der Waals surface area (Å²) >= 11 is 6.19. The Morgan fingerprint density at radius 2 is 1.73 bits per heavy atom. The third-order valence-electron chi connectivity index (χ3n) is 6.25. The molecule has 1 aliphatic heterocycles. The second kappa shape index (κ2) is 9.67. The Balaban J connectivity index is 1.79. The van der Waals surface area contributed by atoms with Crippen molar-refractivity contribution in [3.8, 4) is 5.75 Å². The average molecular weight is 520 g/mol. The predicted molar refractivity (Wildman–Crippen MR) is 138 cm³/mol. The topological polar surface area (TPSA) is 66.8 Å². The van der Waals surface area contributed by atoms with Crippen LogP contribution < -0.4 is 9.64 Å². The zero-order valence-corrected chi connectivity index (χ0v) is 20.3. The number of ether oxygens (including phenoxy) is 1. The SMILES string of the molecule is CCOc1cc(/C(O)=C2/C(=O)C(=O)N(c3ccc(F)c(F)c3)C2c2cccc3ccccc23)ccc1Cl. The van der Waals surface area contributed by atoms with Gasteiger partial charge >= 0.3 is 0 Å². The van der Waals surface area contributed by atoms with E-state index in [0.29, 0.717) is 22.9 Å². The van der Waals surface area contributed by atoms with Crippen LogP contribution in [0.3, 0.4) is 0 Å². The van der Waals surface area contributed by atoms with E-state index in [1.54, 1.807) is 19.1 Å². The number of rotatable bonds is 5. The van der Waals surface area contributed by atoms with Gasteiger partial charge in [-0.25, -0.2) is 8.78 Å². The number of nitrogens with zero attached hydrogens (tertiary/aromatic N) is 1. The average Bonchev–Trinajstić information content (AvgIpc) is 3.16. The third-order valence-corrected chi connectivity index (χ3v) is 6.56. The van der Waals surface area contributed by atoms with Crippen LogP contribution in [-0.4, -0.2) is 23.4 Å². The molecule has 0 saturated carbocycles. The first-order valence-electron chi connectivity index (χ1n) is 11.5. The zero-order chi connectivity index (χ0) is 26.3. The molecule has 0 aromatic heterocycles. The molecule has 1 heterocycles. The number of benzene rings is 4. The molecule has 37 heavy (non-hydrogen) atoms. The van der Waals surface area contributed by atoms with Gasteiger partial charge in [-0.3, -0.25) is 14.5 Å². The molecular formula is C29H20ClF2NO4. The van der Waals surface area contributed by atoms with Gasteiger partial charge in [0.15, 0.2) is 11.6 Å². The van der Waals surface area contributed by atoms with E-state index in [0.717, 1.165) is 27.8 Å². The smallest absolute Gasteiger partial charge is 0.300 e. The fourth-order valence-electron chi connectivity index (χ4n) is 4.59. The molecule has 186 valence electrons. The fraction of sp³-hybridized carbons (Fsp3) is 0.103. The Labute approximate surface area is 216 Å². The van der Waals surface area contributed by atoms with E-state index in [-0.39, 0.29) is 16.8 Å². The molecule has 0 spiro atoms. The van der Waals surface area contributed by atoms with Crippen LogP contribution in [0.1, 0.15) is 24.1 Å². The van der Waals surface area contributed by atoms with E-state index in [1.807, 2.05) is 30.3 Å². The van der Waals surface area contributed by atoms with Crippen molar-refractivity contribution in [1.29, 1.82) is 0 Å². The van der Waals surface area contributed by atoms with E-state index in [1.165, 1.54) is 24.3 Å². The van der Waals surface area contributed by atoms with Crippen LogP contribution in [0, 0.1) is 11.6 Å². The van der Waals surface area contributed by atoms with Crippen LogP contribution in [0.25, 0.3) is 16.5 Å². The zero-order valence-electron chi connectivity index (χ0n) is 19.5. The summed E-state index contributed by atoms with van der Waals surface area (Å²) in [5.41, 5.74) is 0.518.